The summed E-state index contributed by atoms with van der Waals surface area (Å²) >= 11 is 0. The fourth-order valence-corrected chi connectivity index (χ4v) is 1.08. The van der Waals surface area contributed by atoms with Gasteiger partial charge in [-0.2, -0.15) is 13.2 Å². The molecule has 0 saturated carbocycles. The highest BCUT2D eigenvalue weighted by Gasteiger charge is 2.30. The monoisotopic (exact) mass is 233 g/mol. The number of benzene rings is 1. The molecule has 0 saturated heterocycles. The third-order valence-electron chi connectivity index (χ3n) is 1.85. The van der Waals surface area contributed by atoms with E-state index in [1.165, 1.54) is 6.07 Å². The molecule has 0 atom stereocenters. The minimum Gasteiger partial charge on any atom is -0.452 e. The first-order valence-corrected chi connectivity index (χ1v) is 4.39. The predicted octanol–water partition coefficient (Wildman–Crippen LogP) is 2.30. The lowest BCUT2D eigenvalue weighted by molar-refractivity contribution is -0.161. The van der Waals surface area contributed by atoms with Gasteiger partial charge < -0.3 is 10.5 Å². The molecular weight excluding hydrogens is 223 g/mol. The third kappa shape index (κ3) is 3.45. The lowest BCUT2D eigenvalue weighted by Gasteiger charge is -2.09. The van der Waals surface area contributed by atoms with E-state index in [9.17, 15) is 18.0 Å². The van der Waals surface area contributed by atoms with Crippen molar-refractivity contribution >= 4 is 11.7 Å². The molecular formula is C10H10F3NO2. The topological polar surface area (TPSA) is 52.3 Å². The molecule has 0 radical (unpaired) electrons. The van der Waals surface area contributed by atoms with Crippen LogP contribution in [-0.2, 0) is 4.74 Å². The molecule has 88 valence electrons. The SMILES string of the molecule is Cc1ccc(N)cc1C(=O)OCC(F)(F)F. The molecule has 0 aromatic heterocycles. The van der Waals surface area contributed by atoms with Crippen molar-refractivity contribution in [1.82, 2.24) is 0 Å². The Morgan fingerprint density at radius 2 is 2.06 bits per heavy atom. The van der Waals surface area contributed by atoms with Gasteiger partial charge >= 0.3 is 12.1 Å². The Morgan fingerprint density at radius 1 is 1.44 bits per heavy atom. The number of anilines is 1. The van der Waals surface area contributed by atoms with Crippen LogP contribution >= 0.6 is 0 Å². The fraction of sp³-hybridized carbons (Fsp3) is 0.300. The molecule has 6 heteroatoms. The molecule has 0 spiro atoms. The highest BCUT2D eigenvalue weighted by atomic mass is 19.4. The van der Waals surface area contributed by atoms with Gasteiger partial charge in [0.1, 0.15) is 0 Å². The number of alkyl halides is 3. The van der Waals surface area contributed by atoms with Crippen LogP contribution in [0.15, 0.2) is 18.2 Å². The number of ether oxygens (including phenoxy) is 1. The maximum atomic E-state index is 11.8. The lowest BCUT2D eigenvalue weighted by Crippen LogP contribution is -2.20. The van der Waals surface area contributed by atoms with Crippen molar-refractivity contribution in [3.8, 4) is 0 Å². The Bertz CT molecular complexity index is 402. The average Bonchev–Trinajstić information content (AvgIpc) is 2.17. The van der Waals surface area contributed by atoms with Crippen LogP contribution in [0, 0.1) is 6.92 Å². The van der Waals surface area contributed by atoms with E-state index in [0.717, 1.165) is 0 Å². The molecule has 0 bridgehead atoms. The van der Waals surface area contributed by atoms with Crippen LogP contribution < -0.4 is 5.73 Å². The number of esters is 1. The molecule has 2 N–H and O–H groups in total. The van der Waals surface area contributed by atoms with Gasteiger partial charge in [0.15, 0.2) is 6.61 Å². The lowest BCUT2D eigenvalue weighted by atomic mass is 10.1. The van der Waals surface area contributed by atoms with Gasteiger partial charge in [-0.1, -0.05) is 6.07 Å². The van der Waals surface area contributed by atoms with E-state index in [4.69, 9.17) is 5.73 Å². The van der Waals surface area contributed by atoms with Crippen molar-refractivity contribution in [2.45, 2.75) is 13.1 Å². The molecule has 0 heterocycles. The fourth-order valence-electron chi connectivity index (χ4n) is 1.08. The molecule has 0 amide bonds. The predicted molar refractivity (Wildman–Crippen MR) is 51.9 cm³/mol. The Kier molecular flexibility index (Phi) is 3.41. The van der Waals surface area contributed by atoms with Gasteiger partial charge in [0.2, 0.25) is 0 Å². The summed E-state index contributed by atoms with van der Waals surface area (Å²) in [6.07, 6.45) is -4.52. The van der Waals surface area contributed by atoms with Crippen molar-refractivity contribution < 1.29 is 22.7 Å². The van der Waals surface area contributed by atoms with Crippen molar-refractivity contribution in [1.29, 1.82) is 0 Å². The molecule has 0 aliphatic heterocycles. The normalized spacial score (nSPS) is 11.2. The summed E-state index contributed by atoms with van der Waals surface area (Å²) in [5.41, 5.74) is 6.27. The Labute approximate surface area is 90.0 Å². The standard InChI is InChI=1S/C10H10F3NO2/c1-6-2-3-7(14)4-8(6)9(15)16-5-10(11,12)13/h2-4H,5,14H2,1H3. The van der Waals surface area contributed by atoms with Crippen molar-refractivity contribution in [3.05, 3.63) is 29.3 Å². The Morgan fingerprint density at radius 3 is 2.62 bits per heavy atom. The van der Waals surface area contributed by atoms with E-state index in [-0.39, 0.29) is 5.56 Å². The van der Waals surface area contributed by atoms with E-state index in [1.807, 2.05) is 0 Å². The number of hydrogen-bond acceptors (Lipinski definition) is 3. The van der Waals surface area contributed by atoms with Crippen LogP contribution in [0.5, 0.6) is 0 Å². The zero-order chi connectivity index (χ0) is 12.3. The van der Waals surface area contributed by atoms with Crippen molar-refractivity contribution in [2.24, 2.45) is 0 Å². The van der Waals surface area contributed by atoms with Crippen LogP contribution in [0.4, 0.5) is 18.9 Å². The summed E-state index contributed by atoms with van der Waals surface area (Å²) in [6.45, 7) is -0.0102. The second-order valence-electron chi connectivity index (χ2n) is 3.27. The Balaban J connectivity index is 2.77. The van der Waals surface area contributed by atoms with Crippen LogP contribution in [0.25, 0.3) is 0 Å². The molecule has 1 aromatic rings. The number of carbonyl (C=O) groups is 1. The largest absolute Gasteiger partial charge is 0.452 e. The molecule has 0 unspecified atom stereocenters. The number of nitrogen functional groups attached to an aromatic ring is 1. The zero-order valence-electron chi connectivity index (χ0n) is 8.47. The minimum absolute atomic E-state index is 0.0456. The van der Waals surface area contributed by atoms with E-state index >= 15 is 0 Å². The second kappa shape index (κ2) is 4.42. The van der Waals surface area contributed by atoms with Gasteiger partial charge in [-0.25, -0.2) is 4.79 Å². The van der Waals surface area contributed by atoms with Crippen LogP contribution in [0.2, 0.25) is 0 Å². The van der Waals surface area contributed by atoms with E-state index in [0.29, 0.717) is 11.3 Å². The summed E-state index contributed by atoms with van der Waals surface area (Å²) in [4.78, 5) is 11.3. The number of aryl methyl sites for hydroxylation is 1. The molecule has 0 fully saturated rings. The number of nitrogens with two attached hydrogens (primary N) is 1. The summed E-state index contributed by atoms with van der Waals surface area (Å²) in [5, 5.41) is 0. The number of hydrogen-bond donors (Lipinski definition) is 1. The quantitative estimate of drug-likeness (QED) is 0.629. The van der Waals surface area contributed by atoms with E-state index in [1.54, 1.807) is 19.1 Å². The zero-order valence-corrected chi connectivity index (χ0v) is 8.47. The minimum atomic E-state index is -4.52. The van der Waals surface area contributed by atoms with Gasteiger partial charge in [0.05, 0.1) is 5.56 Å². The van der Waals surface area contributed by atoms with E-state index < -0.39 is 18.8 Å². The number of rotatable bonds is 2. The highest BCUT2D eigenvalue weighted by Crippen LogP contribution is 2.18. The molecule has 0 aliphatic rings. The van der Waals surface area contributed by atoms with Gasteiger partial charge in [-0.3, -0.25) is 0 Å². The van der Waals surface area contributed by atoms with Gasteiger partial charge in [-0.05, 0) is 24.6 Å². The van der Waals surface area contributed by atoms with Gasteiger partial charge in [0, 0.05) is 5.69 Å². The van der Waals surface area contributed by atoms with E-state index in [2.05, 4.69) is 4.74 Å². The maximum Gasteiger partial charge on any atom is 0.422 e. The van der Waals surface area contributed by atoms with Crippen LogP contribution in [0.3, 0.4) is 0 Å². The van der Waals surface area contributed by atoms with Gasteiger partial charge in [-0.15, -0.1) is 0 Å². The molecule has 0 aliphatic carbocycles. The summed E-state index contributed by atoms with van der Waals surface area (Å²) in [7, 11) is 0. The summed E-state index contributed by atoms with van der Waals surface area (Å²) in [6, 6.07) is 4.38. The third-order valence-corrected chi connectivity index (χ3v) is 1.85. The summed E-state index contributed by atoms with van der Waals surface area (Å²) in [5.74, 6) is -1.03. The highest BCUT2D eigenvalue weighted by molar-refractivity contribution is 5.92. The molecule has 1 rings (SSSR count). The van der Waals surface area contributed by atoms with Crippen molar-refractivity contribution in [2.75, 3.05) is 12.3 Å². The summed E-state index contributed by atoms with van der Waals surface area (Å²) < 4.78 is 39.5. The van der Waals surface area contributed by atoms with Crippen LogP contribution in [0.1, 0.15) is 15.9 Å². The van der Waals surface area contributed by atoms with Crippen molar-refractivity contribution in [3.63, 3.8) is 0 Å². The maximum absolute atomic E-state index is 11.8. The average molecular weight is 233 g/mol. The Hall–Kier alpha value is -1.72. The smallest absolute Gasteiger partial charge is 0.422 e. The van der Waals surface area contributed by atoms with Gasteiger partial charge in [0.25, 0.3) is 0 Å². The van der Waals surface area contributed by atoms with Crippen LogP contribution in [-0.4, -0.2) is 18.8 Å². The number of halogens is 3. The first-order valence-electron chi connectivity index (χ1n) is 4.39. The first-order chi connectivity index (χ1) is 7.29. The first kappa shape index (κ1) is 12.4. The number of carbonyl (C=O) groups excluding carboxylic acids is 1. The molecule has 1 aromatic carbocycles. The second-order valence-corrected chi connectivity index (χ2v) is 3.27. The molecule has 16 heavy (non-hydrogen) atoms. The molecule has 3 nitrogen and oxygen atoms in total.